The maximum Gasteiger partial charge on any atom is 0.342 e. The monoisotopic (exact) mass is 488 g/mol. The highest BCUT2D eigenvalue weighted by Gasteiger charge is 2.21. The van der Waals surface area contributed by atoms with Gasteiger partial charge in [0.2, 0.25) is 0 Å². The van der Waals surface area contributed by atoms with Gasteiger partial charge in [-0.05, 0) is 60.7 Å². The molecule has 0 saturated heterocycles. The number of methoxy groups -OCH3 is 1. The second-order valence-electron chi connectivity index (χ2n) is 7.49. The van der Waals surface area contributed by atoms with Gasteiger partial charge in [-0.3, -0.25) is 20.4 Å². The number of ether oxygens (including phenoxy) is 2. The number of hydrogen-bond acceptors (Lipinski definition) is 6. The fourth-order valence-corrected chi connectivity index (χ4v) is 3.24. The predicted octanol–water partition coefficient (Wildman–Crippen LogP) is 3.31. The Bertz CT molecular complexity index is 1370. The number of hydrogen-bond donors (Lipinski definition) is 2. The molecule has 0 aliphatic carbocycles. The first-order chi connectivity index (χ1) is 17.4. The van der Waals surface area contributed by atoms with Gasteiger partial charge in [0, 0.05) is 17.3 Å². The van der Waals surface area contributed by atoms with Gasteiger partial charge in [-0.2, -0.15) is 5.10 Å². The van der Waals surface area contributed by atoms with E-state index in [1.807, 2.05) is 30.3 Å². The van der Waals surface area contributed by atoms with Gasteiger partial charge in [0.1, 0.15) is 22.8 Å². The van der Waals surface area contributed by atoms with Crippen LogP contribution in [0.2, 0.25) is 0 Å². The lowest BCUT2D eigenvalue weighted by molar-refractivity contribution is -0.125. The summed E-state index contributed by atoms with van der Waals surface area (Å²) < 4.78 is 24.9. The van der Waals surface area contributed by atoms with E-state index in [-0.39, 0.29) is 11.1 Å². The Morgan fingerprint density at radius 1 is 0.917 bits per heavy atom. The van der Waals surface area contributed by atoms with Gasteiger partial charge in [-0.25, -0.2) is 13.9 Å². The van der Waals surface area contributed by atoms with Crippen molar-refractivity contribution >= 4 is 17.8 Å². The third kappa shape index (κ3) is 5.73. The van der Waals surface area contributed by atoms with Crippen molar-refractivity contribution in [1.29, 1.82) is 0 Å². The average molecular weight is 488 g/mol. The van der Waals surface area contributed by atoms with E-state index in [0.29, 0.717) is 17.0 Å². The minimum Gasteiger partial charge on any atom is -0.497 e. The second kappa shape index (κ2) is 11.0. The molecule has 3 aromatic carbocycles. The molecule has 0 fully saturated rings. The van der Waals surface area contributed by atoms with Crippen molar-refractivity contribution in [3.63, 3.8) is 0 Å². The van der Waals surface area contributed by atoms with Crippen LogP contribution >= 0.6 is 0 Å². The maximum atomic E-state index is 13.0. The Morgan fingerprint density at radius 3 is 2.28 bits per heavy atom. The molecule has 0 atom stereocenters. The first-order valence-electron chi connectivity index (χ1n) is 10.8. The van der Waals surface area contributed by atoms with Gasteiger partial charge in [0.05, 0.1) is 12.8 Å². The first-order valence-corrected chi connectivity index (χ1v) is 10.8. The molecule has 0 saturated carbocycles. The van der Waals surface area contributed by atoms with E-state index in [2.05, 4.69) is 16.0 Å². The molecule has 0 unspecified atom stereocenters. The normalized spacial score (nSPS) is 10.4. The number of nitrogens with one attached hydrogen (secondary N) is 2. The molecule has 0 aliphatic heterocycles. The fourth-order valence-electron chi connectivity index (χ4n) is 3.24. The summed E-state index contributed by atoms with van der Waals surface area (Å²) in [4.78, 5) is 37.1. The zero-order valence-electron chi connectivity index (χ0n) is 19.1. The number of amides is 2. The first kappa shape index (κ1) is 24.1. The van der Waals surface area contributed by atoms with Gasteiger partial charge in [-0.15, -0.1) is 0 Å². The van der Waals surface area contributed by atoms with Crippen LogP contribution in [0.5, 0.6) is 5.75 Å². The number of para-hydroxylation sites is 1. The molecule has 0 radical (unpaired) electrons. The van der Waals surface area contributed by atoms with E-state index in [1.54, 1.807) is 36.1 Å². The van der Waals surface area contributed by atoms with Crippen LogP contribution in [0.4, 0.5) is 4.39 Å². The molecule has 9 nitrogen and oxygen atoms in total. The standard InChI is InChI=1S/C26H21FN4O5/c1-35-21-13-9-17(10-14-21)24-22(15-31(30-24)20-5-3-2-4-6-20)26(34)36-16-23(32)28-29-25(33)18-7-11-19(27)12-8-18/h2-15H,16H2,1H3,(H,28,32)(H,29,33). The zero-order chi connectivity index (χ0) is 25.5. The Hall–Kier alpha value is -4.99. The van der Waals surface area contributed by atoms with E-state index < -0.39 is 30.2 Å². The van der Waals surface area contributed by atoms with Crippen molar-refractivity contribution in [3.8, 4) is 22.7 Å². The fraction of sp³-hybridized carbons (Fsp3) is 0.0769. The smallest absolute Gasteiger partial charge is 0.342 e. The largest absolute Gasteiger partial charge is 0.497 e. The Kier molecular flexibility index (Phi) is 7.35. The molecule has 2 N–H and O–H groups in total. The third-order valence-corrected chi connectivity index (χ3v) is 5.07. The minimum absolute atomic E-state index is 0.145. The molecule has 1 heterocycles. The van der Waals surface area contributed by atoms with Gasteiger partial charge >= 0.3 is 5.97 Å². The average Bonchev–Trinajstić information content (AvgIpc) is 3.37. The summed E-state index contributed by atoms with van der Waals surface area (Å²) >= 11 is 0. The maximum absolute atomic E-state index is 13.0. The predicted molar refractivity (Wildman–Crippen MR) is 128 cm³/mol. The lowest BCUT2D eigenvalue weighted by Crippen LogP contribution is -2.43. The zero-order valence-corrected chi connectivity index (χ0v) is 19.1. The number of esters is 1. The van der Waals surface area contributed by atoms with Gasteiger partial charge in [0.15, 0.2) is 6.61 Å². The highest BCUT2D eigenvalue weighted by atomic mass is 19.1. The summed E-state index contributed by atoms with van der Waals surface area (Å²) in [5.74, 6) is -2.04. The van der Waals surface area contributed by atoms with Gasteiger partial charge < -0.3 is 9.47 Å². The van der Waals surface area contributed by atoms with Crippen LogP contribution in [-0.2, 0) is 9.53 Å². The second-order valence-corrected chi connectivity index (χ2v) is 7.49. The minimum atomic E-state index is -0.775. The van der Waals surface area contributed by atoms with E-state index in [9.17, 15) is 18.8 Å². The number of rotatable bonds is 7. The highest BCUT2D eigenvalue weighted by Crippen LogP contribution is 2.26. The van der Waals surface area contributed by atoms with Gasteiger partial charge in [-0.1, -0.05) is 18.2 Å². The number of hydrazine groups is 1. The topological polar surface area (TPSA) is 112 Å². The molecule has 36 heavy (non-hydrogen) atoms. The van der Waals surface area contributed by atoms with E-state index in [0.717, 1.165) is 17.8 Å². The number of benzene rings is 3. The number of halogens is 1. The van der Waals surface area contributed by atoms with Crippen molar-refractivity contribution in [2.75, 3.05) is 13.7 Å². The molecule has 0 bridgehead atoms. The van der Waals surface area contributed by atoms with Crippen LogP contribution in [0, 0.1) is 5.82 Å². The molecular formula is C26H21FN4O5. The van der Waals surface area contributed by atoms with Crippen LogP contribution in [0.25, 0.3) is 16.9 Å². The number of nitrogens with zero attached hydrogens (tertiary/aromatic N) is 2. The van der Waals surface area contributed by atoms with Gasteiger partial charge in [0.25, 0.3) is 11.8 Å². The molecule has 1 aromatic heterocycles. The highest BCUT2D eigenvalue weighted by molar-refractivity contribution is 5.98. The summed E-state index contributed by atoms with van der Waals surface area (Å²) in [5.41, 5.74) is 6.35. The van der Waals surface area contributed by atoms with Crippen molar-refractivity contribution in [2.24, 2.45) is 0 Å². The molecular weight excluding hydrogens is 467 g/mol. The summed E-state index contributed by atoms with van der Waals surface area (Å²) in [6.07, 6.45) is 1.52. The third-order valence-electron chi connectivity index (χ3n) is 5.07. The quantitative estimate of drug-likeness (QED) is 0.305. The Balaban J connectivity index is 1.45. The number of carbonyl (C=O) groups is 3. The summed E-state index contributed by atoms with van der Waals surface area (Å²) in [6.45, 7) is -0.652. The SMILES string of the molecule is COc1ccc(-c2nn(-c3ccccc3)cc2C(=O)OCC(=O)NNC(=O)c2ccc(F)cc2)cc1. The number of aromatic nitrogens is 2. The van der Waals surface area contributed by atoms with Crippen molar-refractivity contribution < 1.29 is 28.2 Å². The molecule has 4 aromatic rings. The molecule has 10 heteroatoms. The van der Waals surface area contributed by atoms with Crippen molar-refractivity contribution in [1.82, 2.24) is 20.6 Å². The van der Waals surface area contributed by atoms with Crippen molar-refractivity contribution in [2.45, 2.75) is 0 Å². The Morgan fingerprint density at radius 2 is 1.61 bits per heavy atom. The molecule has 4 rings (SSSR count). The Labute approximate surface area is 205 Å². The molecule has 0 aliphatic rings. The van der Waals surface area contributed by atoms with Crippen LogP contribution in [-0.4, -0.2) is 41.3 Å². The van der Waals surface area contributed by atoms with Crippen LogP contribution in [0.3, 0.4) is 0 Å². The van der Waals surface area contributed by atoms with E-state index >= 15 is 0 Å². The van der Waals surface area contributed by atoms with Crippen LogP contribution in [0.15, 0.2) is 85.1 Å². The van der Waals surface area contributed by atoms with E-state index in [4.69, 9.17) is 9.47 Å². The molecule has 0 spiro atoms. The van der Waals surface area contributed by atoms with Crippen molar-refractivity contribution in [3.05, 3.63) is 102 Å². The molecule has 182 valence electrons. The lowest BCUT2D eigenvalue weighted by atomic mass is 10.1. The van der Waals surface area contributed by atoms with E-state index in [1.165, 1.54) is 18.3 Å². The summed E-state index contributed by atoms with van der Waals surface area (Å²) in [6, 6.07) is 21.0. The summed E-state index contributed by atoms with van der Waals surface area (Å²) in [7, 11) is 1.55. The molecule has 2 amide bonds. The van der Waals surface area contributed by atoms with Crippen LogP contribution < -0.4 is 15.6 Å². The summed E-state index contributed by atoms with van der Waals surface area (Å²) in [5, 5.41) is 4.54. The number of carbonyl (C=O) groups excluding carboxylic acids is 3. The van der Waals surface area contributed by atoms with Crippen LogP contribution in [0.1, 0.15) is 20.7 Å². The lowest BCUT2D eigenvalue weighted by Gasteiger charge is -2.08.